The third kappa shape index (κ3) is 8.06. The van der Waals surface area contributed by atoms with Crippen LogP contribution in [0.25, 0.3) is 0 Å². The van der Waals surface area contributed by atoms with E-state index in [1.807, 2.05) is 0 Å². The molecule has 3 aliphatic heterocycles. The summed E-state index contributed by atoms with van der Waals surface area (Å²) in [6.07, 6.45) is 5.56. The molecule has 0 radical (unpaired) electrons. The number of nitrogens with zero attached hydrogens (tertiary/aromatic N) is 5. The Hall–Kier alpha value is -4.59. The Balaban J connectivity index is 1.18. The molecule has 0 saturated carbocycles. The first-order chi connectivity index (χ1) is 24.1. The number of methoxy groups -OCH3 is 2. The number of amides is 1. The number of carbonyl (C=O) groups is 2. The Kier molecular flexibility index (Phi) is 10.9. The molecule has 1 amide bonds. The Morgan fingerprint density at radius 2 is 1.80 bits per heavy atom. The molecule has 2 atom stereocenters. The van der Waals surface area contributed by atoms with Gasteiger partial charge in [-0.2, -0.15) is 9.83 Å². The highest BCUT2D eigenvalue weighted by Gasteiger charge is 2.38. The highest BCUT2D eigenvalue weighted by Crippen LogP contribution is 2.35. The number of hydrogen-bond donors (Lipinski definition) is 0. The monoisotopic (exact) mass is 727 g/mol. The van der Waals surface area contributed by atoms with Gasteiger partial charge in [0.25, 0.3) is 0 Å². The molecule has 0 aliphatic carbocycles. The molecule has 0 unspecified atom stereocenters. The summed E-state index contributed by atoms with van der Waals surface area (Å²) in [6.45, 7) is 2.30. The van der Waals surface area contributed by atoms with Crippen molar-refractivity contribution in [2.45, 2.75) is 44.6 Å². The van der Waals surface area contributed by atoms with E-state index in [0.29, 0.717) is 39.5 Å². The fourth-order valence-electron chi connectivity index (χ4n) is 6.43. The van der Waals surface area contributed by atoms with Crippen molar-refractivity contribution in [3.05, 3.63) is 105 Å². The maximum Gasteiger partial charge on any atom is 0.415 e. The van der Waals surface area contributed by atoms with Gasteiger partial charge >= 0.3 is 12.1 Å². The summed E-state index contributed by atoms with van der Waals surface area (Å²) < 4.78 is 39.5. The molecule has 3 aliphatic rings. The molecule has 0 N–H and O–H groups in total. The predicted octanol–water partition coefficient (Wildman–Crippen LogP) is 5.74. The van der Waals surface area contributed by atoms with Gasteiger partial charge in [-0.1, -0.05) is 41.4 Å². The molecule has 12 nitrogen and oxygen atoms in total. The Morgan fingerprint density at radius 1 is 1.08 bits per heavy atom. The molecule has 3 saturated heterocycles. The highest BCUT2D eigenvalue weighted by atomic mass is 35.5. The third-order valence-electron chi connectivity index (χ3n) is 9.03. The van der Waals surface area contributed by atoms with E-state index in [-0.39, 0.29) is 47.3 Å². The topological polar surface area (TPSA) is 122 Å². The number of aromatic nitrogens is 3. The number of halogens is 3. The van der Waals surface area contributed by atoms with E-state index in [1.165, 1.54) is 54.5 Å². The molecule has 0 spiro atoms. The molecule has 4 aromatic rings. The van der Waals surface area contributed by atoms with Crippen molar-refractivity contribution in [1.82, 2.24) is 14.7 Å². The summed E-state index contributed by atoms with van der Waals surface area (Å²) in [4.78, 5) is 30.5. The largest absolute Gasteiger partial charge is 0.619 e. The summed E-state index contributed by atoms with van der Waals surface area (Å²) in [5.74, 6) is -0.0454. The van der Waals surface area contributed by atoms with E-state index in [4.69, 9.17) is 42.1 Å². The van der Waals surface area contributed by atoms with E-state index in [2.05, 4.69) is 10.00 Å². The van der Waals surface area contributed by atoms with E-state index in [1.54, 1.807) is 36.5 Å². The number of anilines is 1. The number of hydrogen-bond acceptors (Lipinski definition) is 9. The van der Waals surface area contributed by atoms with Gasteiger partial charge in [0.1, 0.15) is 34.6 Å². The second-order valence-corrected chi connectivity index (χ2v) is 13.0. The Labute approximate surface area is 298 Å². The number of benzene rings is 2. The van der Waals surface area contributed by atoms with Gasteiger partial charge in [0, 0.05) is 30.3 Å². The fraction of sp³-hybridized carbons (Fsp3) is 0.371. The molecule has 2 aromatic carbocycles. The lowest BCUT2D eigenvalue weighted by molar-refractivity contribution is -0.605. The van der Waals surface area contributed by atoms with E-state index in [0.717, 1.165) is 25.9 Å². The van der Waals surface area contributed by atoms with Crippen LogP contribution in [0.2, 0.25) is 10.0 Å². The molecule has 50 heavy (non-hydrogen) atoms. The van der Waals surface area contributed by atoms with Crippen LogP contribution in [-0.2, 0) is 33.8 Å². The Bertz CT molecular complexity index is 1830. The zero-order valence-electron chi connectivity index (χ0n) is 27.5. The van der Waals surface area contributed by atoms with Crippen LogP contribution in [-0.4, -0.2) is 66.7 Å². The SMILES string of the molecule is COc1ccc([C@H](Cc2c(Cl)c[n+]([O-])cc2Cl)OC(=O)Cn2cc(CN(C(=O)O[C@H]3CN4CCC3CC4)c3ccccc3F)cn2)cc1OC. The first-order valence-corrected chi connectivity index (χ1v) is 16.8. The minimum absolute atomic E-state index is 0.0450. The van der Waals surface area contributed by atoms with Crippen molar-refractivity contribution in [1.29, 1.82) is 0 Å². The molecule has 5 heterocycles. The minimum Gasteiger partial charge on any atom is -0.619 e. The first-order valence-electron chi connectivity index (χ1n) is 16.1. The third-order valence-corrected chi connectivity index (χ3v) is 9.68. The van der Waals surface area contributed by atoms with Crippen molar-refractivity contribution in [2.75, 3.05) is 38.8 Å². The van der Waals surface area contributed by atoms with Crippen molar-refractivity contribution < 1.29 is 37.7 Å². The molecule has 2 bridgehead atoms. The van der Waals surface area contributed by atoms with Crippen LogP contribution in [0.4, 0.5) is 14.9 Å². The maximum absolute atomic E-state index is 15.0. The molecule has 15 heteroatoms. The van der Waals surface area contributed by atoms with Gasteiger partial charge in [-0.15, -0.1) is 0 Å². The summed E-state index contributed by atoms with van der Waals surface area (Å²) in [7, 11) is 2.99. The lowest BCUT2D eigenvalue weighted by Gasteiger charge is -2.44. The number of pyridine rings is 1. The van der Waals surface area contributed by atoms with Crippen LogP contribution in [0.5, 0.6) is 11.5 Å². The minimum atomic E-state index is -0.896. The van der Waals surface area contributed by atoms with Crippen LogP contribution < -0.4 is 19.1 Å². The number of piperidine rings is 3. The normalized spacial score (nSPS) is 18.7. The van der Waals surface area contributed by atoms with Crippen LogP contribution in [0.3, 0.4) is 0 Å². The summed E-state index contributed by atoms with van der Waals surface area (Å²) >= 11 is 12.7. The molecule has 264 valence electrons. The predicted molar refractivity (Wildman–Crippen MR) is 182 cm³/mol. The van der Waals surface area contributed by atoms with Gasteiger partial charge < -0.3 is 24.2 Å². The van der Waals surface area contributed by atoms with Gasteiger partial charge in [0.2, 0.25) is 0 Å². The average molecular weight is 729 g/mol. The smallest absolute Gasteiger partial charge is 0.415 e. The fourth-order valence-corrected chi connectivity index (χ4v) is 7.03. The number of fused-ring (bicyclic) bond motifs is 3. The molecule has 3 fully saturated rings. The van der Waals surface area contributed by atoms with Gasteiger partial charge in [-0.25, -0.2) is 9.18 Å². The summed E-state index contributed by atoms with van der Waals surface area (Å²) in [6, 6.07) is 11.1. The number of para-hydroxylation sites is 1. The van der Waals surface area contributed by atoms with E-state index < -0.39 is 24.0 Å². The zero-order chi connectivity index (χ0) is 35.4. The van der Waals surface area contributed by atoms with Crippen molar-refractivity contribution in [3.63, 3.8) is 0 Å². The van der Waals surface area contributed by atoms with Gasteiger partial charge in [-0.05, 0) is 61.7 Å². The van der Waals surface area contributed by atoms with Crippen molar-refractivity contribution in [3.8, 4) is 11.5 Å². The number of carbonyl (C=O) groups excluding carboxylic acids is 2. The Morgan fingerprint density at radius 3 is 2.46 bits per heavy atom. The molecule has 2 aromatic heterocycles. The number of ether oxygens (including phenoxy) is 4. The number of esters is 1. The van der Waals surface area contributed by atoms with Crippen molar-refractivity contribution >= 4 is 41.0 Å². The van der Waals surface area contributed by atoms with Crippen LogP contribution in [0, 0.1) is 16.9 Å². The lowest BCUT2D eigenvalue weighted by atomic mass is 9.86. The second kappa shape index (κ2) is 15.5. The standard InChI is InChI=1S/C35H36Cl2FN5O7/c1-47-30-8-7-24(13-32(30)48-2)31(14-25-26(36)18-42(46)19-27(25)37)49-34(44)21-41-16-22(15-39-41)17-43(29-6-4-3-5-28(29)38)35(45)50-33-20-40-11-9-23(33)10-12-40/h3-8,13,15-16,18-19,23,31,33H,9-12,14,17,20-21H2,1-2H3/t31-,33-/m0/s1. The van der Waals surface area contributed by atoms with Gasteiger partial charge in [0.15, 0.2) is 23.9 Å². The quantitative estimate of drug-likeness (QED) is 0.102. The molecular formula is C35H36Cl2FN5O7. The zero-order valence-corrected chi connectivity index (χ0v) is 29.0. The van der Waals surface area contributed by atoms with Crippen molar-refractivity contribution in [2.24, 2.45) is 5.92 Å². The lowest BCUT2D eigenvalue weighted by Crippen LogP contribution is -2.53. The first kappa shape index (κ1) is 35.2. The van der Waals surface area contributed by atoms with Crippen LogP contribution in [0.1, 0.15) is 35.6 Å². The van der Waals surface area contributed by atoms with E-state index >= 15 is 0 Å². The van der Waals surface area contributed by atoms with Crippen LogP contribution in [0.15, 0.2) is 67.3 Å². The highest BCUT2D eigenvalue weighted by molar-refractivity contribution is 6.35. The maximum atomic E-state index is 15.0. The van der Waals surface area contributed by atoms with Gasteiger partial charge in [-0.3, -0.25) is 19.3 Å². The average Bonchev–Trinajstić information content (AvgIpc) is 3.55. The summed E-state index contributed by atoms with van der Waals surface area (Å²) in [5.41, 5.74) is 1.58. The molecule has 7 rings (SSSR count). The molecular weight excluding hydrogens is 692 g/mol. The number of rotatable bonds is 12. The second-order valence-electron chi connectivity index (χ2n) is 12.2. The van der Waals surface area contributed by atoms with E-state index in [9.17, 15) is 19.2 Å². The summed E-state index contributed by atoms with van der Waals surface area (Å²) in [5, 5.41) is 16.4. The van der Waals surface area contributed by atoms with Crippen LogP contribution >= 0.6 is 23.2 Å². The van der Waals surface area contributed by atoms with Gasteiger partial charge in [0.05, 0.1) is 32.6 Å².